The highest BCUT2D eigenvalue weighted by atomic mass is 35.5. The lowest BCUT2D eigenvalue weighted by Crippen LogP contribution is -2.26. The van der Waals surface area contributed by atoms with Crippen LogP contribution in [0.15, 0.2) is 55.1 Å². The molecule has 4 heterocycles. The smallest absolute Gasteiger partial charge is 0.387 e. The van der Waals surface area contributed by atoms with Gasteiger partial charge >= 0.3 is 6.61 Å². The molecular weight excluding hydrogens is 480 g/mol. The number of hydrogen-bond acceptors (Lipinski definition) is 6. The molecule has 4 aromatic heterocycles. The Hall–Kier alpha value is -4.12. The first-order valence-electron chi connectivity index (χ1n) is 10.4. The standard InChI is InChI=1S/C23H18ClF2N7O2/c1-31(2)19(34)12-33-21-16(20(30-33)15-9-14(24)4-5-18(15)35-23(25)26)8-13(10-28-21)17-11-29-32-7-3-6-27-22(17)32/h3-11,23H,12H2,1-2H3. The van der Waals surface area contributed by atoms with Gasteiger partial charge in [0.15, 0.2) is 11.3 Å². The summed E-state index contributed by atoms with van der Waals surface area (Å²) in [6, 6.07) is 7.86. The first-order chi connectivity index (χ1) is 16.8. The number of aromatic nitrogens is 6. The topological polar surface area (TPSA) is 90.4 Å². The molecule has 1 amide bonds. The minimum absolute atomic E-state index is 0.0975. The van der Waals surface area contributed by atoms with Gasteiger partial charge in [0.05, 0.1) is 6.20 Å². The Morgan fingerprint density at radius 2 is 1.97 bits per heavy atom. The maximum atomic E-state index is 13.1. The van der Waals surface area contributed by atoms with Crippen LogP contribution < -0.4 is 4.74 Å². The zero-order valence-corrected chi connectivity index (χ0v) is 19.3. The number of amides is 1. The van der Waals surface area contributed by atoms with Crippen LogP contribution in [0.2, 0.25) is 5.02 Å². The summed E-state index contributed by atoms with van der Waals surface area (Å²) in [6.45, 7) is -3.14. The summed E-state index contributed by atoms with van der Waals surface area (Å²) < 4.78 is 34.1. The highest BCUT2D eigenvalue weighted by Gasteiger charge is 2.22. The fourth-order valence-corrected chi connectivity index (χ4v) is 3.87. The summed E-state index contributed by atoms with van der Waals surface area (Å²) in [4.78, 5) is 22.8. The second-order valence-corrected chi connectivity index (χ2v) is 8.29. The van der Waals surface area contributed by atoms with E-state index in [-0.39, 0.29) is 23.8 Å². The number of ether oxygens (including phenoxy) is 1. The summed E-state index contributed by atoms with van der Waals surface area (Å²) in [5.74, 6) is -0.313. The second kappa shape index (κ2) is 8.91. The Balaban J connectivity index is 1.74. The van der Waals surface area contributed by atoms with Gasteiger partial charge in [-0.15, -0.1) is 0 Å². The first-order valence-corrected chi connectivity index (χ1v) is 10.8. The zero-order valence-electron chi connectivity index (χ0n) is 18.6. The SMILES string of the molecule is CN(C)C(=O)Cn1nc(-c2cc(Cl)ccc2OC(F)F)c2cc(-c3cnn4cccnc34)cnc21. The highest BCUT2D eigenvalue weighted by molar-refractivity contribution is 6.31. The summed E-state index contributed by atoms with van der Waals surface area (Å²) in [5, 5.41) is 9.70. The van der Waals surface area contributed by atoms with Crippen molar-refractivity contribution in [3.63, 3.8) is 0 Å². The molecule has 12 heteroatoms. The third kappa shape index (κ3) is 4.26. The van der Waals surface area contributed by atoms with Crippen LogP contribution in [0.1, 0.15) is 0 Å². The third-order valence-electron chi connectivity index (χ3n) is 5.37. The molecule has 0 spiro atoms. The fourth-order valence-electron chi connectivity index (χ4n) is 3.70. The molecule has 35 heavy (non-hydrogen) atoms. The zero-order chi connectivity index (χ0) is 24.7. The number of carbonyl (C=O) groups excluding carboxylic acids is 1. The van der Waals surface area contributed by atoms with E-state index in [0.717, 1.165) is 5.56 Å². The van der Waals surface area contributed by atoms with Crippen molar-refractivity contribution in [1.82, 2.24) is 34.3 Å². The van der Waals surface area contributed by atoms with Gasteiger partial charge < -0.3 is 9.64 Å². The molecule has 5 aromatic rings. The second-order valence-electron chi connectivity index (χ2n) is 7.85. The molecule has 0 saturated heterocycles. The number of benzene rings is 1. The molecule has 0 atom stereocenters. The summed E-state index contributed by atoms with van der Waals surface area (Å²) in [5.41, 5.74) is 2.96. The van der Waals surface area contributed by atoms with E-state index in [0.29, 0.717) is 33.0 Å². The van der Waals surface area contributed by atoms with Crippen LogP contribution in [0.3, 0.4) is 0 Å². The Labute approximate surface area is 202 Å². The van der Waals surface area contributed by atoms with E-state index in [9.17, 15) is 13.6 Å². The number of hydrogen-bond donors (Lipinski definition) is 0. The molecule has 0 fully saturated rings. The minimum Gasteiger partial charge on any atom is -0.434 e. The van der Waals surface area contributed by atoms with Gasteiger partial charge in [0.1, 0.15) is 18.0 Å². The highest BCUT2D eigenvalue weighted by Crippen LogP contribution is 2.38. The van der Waals surface area contributed by atoms with Crippen molar-refractivity contribution in [3.8, 4) is 28.1 Å². The molecule has 1 aromatic carbocycles. The van der Waals surface area contributed by atoms with E-state index >= 15 is 0 Å². The van der Waals surface area contributed by atoms with Crippen molar-refractivity contribution in [2.24, 2.45) is 0 Å². The average Bonchev–Trinajstić information content (AvgIpc) is 3.41. The lowest BCUT2D eigenvalue weighted by atomic mass is 10.0. The van der Waals surface area contributed by atoms with E-state index in [4.69, 9.17) is 16.3 Å². The Morgan fingerprint density at radius 1 is 1.14 bits per heavy atom. The van der Waals surface area contributed by atoms with Crippen molar-refractivity contribution < 1.29 is 18.3 Å². The van der Waals surface area contributed by atoms with E-state index < -0.39 is 6.61 Å². The van der Waals surface area contributed by atoms with Gasteiger partial charge in [-0.2, -0.15) is 19.0 Å². The number of nitrogens with zero attached hydrogens (tertiary/aromatic N) is 7. The van der Waals surface area contributed by atoms with Crippen LogP contribution in [0.5, 0.6) is 5.75 Å². The average molecular weight is 498 g/mol. The maximum Gasteiger partial charge on any atom is 0.387 e. The molecule has 9 nitrogen and oxygen atoms in total. The van der Waals surface area contributed by atoms with Gasteiger partial charge in [-0.3, -0.25) is 4.79 Å². The largest absolute Gasteiger partial charge is 0.434 e. The van der Waals surface area contributed by atoms with E-state index in [1.807, 2.05) is 0 Å². The molecule has 0 bridgehead atoms. The Bertz CT molecular complexity index is 1560. The monoisotopic (exact) mass is 497 g/mol. The maximum absolute atomic E-state index is 13.1. The summed E-state index contributed by atoms with van der Waals surface area (Å²) in [6.07, 6.45) is 6.72. The lowest BCUT2D eigenvalue weighted by Gasteiger charge is -2.10. The van der Waals surface area contributed by atoms with Crippen LogP contribution in [0.25, 0.3) is 39.1 Å². The first kappa shape index (κ1) is 22.7. The summed E-state index contributed by atoms with van der Waals surface area (Å²) in [7, 11) is 3.26. The van der Waals surface area contributed by atoms with Crippen molar-refractivity contribution in [2.75, 3.05) is 14.1 Å². The molecular formula is C23H18ClF2N7O2. The van der Waals surface area contributed by atoms with Gasteiger partial charge in [0, 0.05) is 59.8 Å². The van der Waals surface area contributed by atoms with Crippen molar-refractivity contribution >= 4 is 34.2 Å². The number of fused-ring (bicyclic) bond motifs is 2. The van der Waals surface area contributed by atoms with Crippen LogP contribution in [-0.2, 0) is 11.3 Å². The van der Waals surface area contributed by atoms with E-state index in [1.54, 1.807) is 55.5 Å². The number of alkyl halides is 2. The number of carbonyl (C=O) groups is 1. The third-order valence-corrected chi connectivity index (χ3v) is 5.61. The number of likely N-dealkylation sites (N-methyl/N-ethyl adjacent to an activating group) is 1. The van der Waals surface area contributed by atoms with Gasteiger partial charge in [0.2, 0.25) is 5.91 Å². The molecule has 0 aliphatic rings. The molecule has 178 valence electrons. The quantitative estimate of drug-likeness (QED) is 0.350. The van der Waals surface area contributed by atoms with Gasteiger partial charge in [-0.1, -0.05) is 11.6 Å². The molecule has 0 aliphatic heterocycles. The van der Waals surface area contributed by atoms with Crippen molar-refractivity contribution in [3.05, 3.63) is 60.1 Å². The predicted molar refractivity (Wildman–Crippen MR) is 125 cm³/mol. The number of halogens is 3. The van der Waals surface area contributed by atoms with Crippen LogP contribution >= 0.6 is 11.6 Å². The fraction of sp³-hybridized carbons (Fsp3) is 0.174. The van der Waals surface area contributed by atoms with Gasteiger partial charge in [0.25, 0.3) is 0 Å². The Morgan fingerprint density at radius 3 is 2.74 bits per heavy atom. The van der Waals surface area contributed by atoms with Crippen molar-refractivity contribution in [1.29, 1.82) is 0 Å². The predicted octanol–water partition coefficient (Wildman–Crippen LogP) is 4.15. The van der Waals surface area contributed by atoms with Crippen LogP contribution in [-0.4, -0.2) is 60.9 Å². The van der Waals surface area contributed by atoms with Gasteiger partial charge in [-0.05, 0) is 30.3 Å². The molecule has 0 aliphatic carbocycles. The van der Waals surface area contributed by atoms with E-state index in [2.05, 4.69) is 20.2 Å². The normalized spacial score (nSPS) is 11.5. The molecule has 0 unspecified atom stereocenters. The lowest BCUT2D eigenvalue weighted by molar-refractivity contribution is -0.129. The van der Waals surface area contributed by atoms with Crippen LogP contribution in [0.4, 0.5) is 8.78 Å². The van der Waals surface area contributed by atoms with Crippen molar-refractivity contribution in [2.45, 2.75) is 13.2 Å². The molecule has 0 N–H and O–H groups in total. The number of rotatable bonds is 6. The van der Waals surface area contributed by atoms with Gasteiger partial charge in [-0.25, -0.2) is 19.2 Å². The molecule has 0 radical (unpaired) electrons. The summed E-state index contributed by atoms with van der Waals surface area (Å²) >= 11 is 6.19. The van der Waals surface area contributed by atoms with Crippen LogP contribution in [0, 0.1) is 0 Å². The molecule has 5 rings (SSSR count). The van der Waals surface area contributed by atoms with E-state index in [1.165, 1.54) is 27.8 Å². The molecule has 0 saturated carbocycles. The minimum atomic E-state index is -3.04. The number of pyridine rings is 1. The Kier molecular flexibility index (Phi) is 5.77.